The molecule has 1 aromatic rings. The lowest BCUT2D eigenvalue weighted by Gasteiger charge is -2.34. The highest BCUT2D eigenvalue weighted by Crippen LogP contribution is 2.38. The Hall–Kier alpha value is -0.730. The van der Waals surface area contributed by atoms with E-state index in [-0.39, 0.29) is 5.54 Å². The van der Waals surface area contributed by atoms with Crippen molar-refractivity contribution >= 4 is 17.3 Å². The van der Waals surface area contributed by atoms with Gasteiger partial charge in [0.1, 0.15) is 0 Å². The molecule has 1 saturated heterocycles. The summed E-state index contributed by atoms with van der Waals surface area (Å²) in [7, 11) is 0. The summed E-state index contributed by atoms with van der Waals surface area (Å²) in [6, 6.07) is 6.48. The smallest absolute Gasteiger partial charge is 0.0643 e. The lowest BCUT2D eigenvalue weighted by molar-refractivity contribution is 0.302. The van der Waals surface area contributed by atoms with E-state index in [1.807, 2.05) is 0 Å². The molecule has 0 bridgehead atoms. The molecular weight excluding hydrogens is 256 g/mol. The van der Waals surface area contributed by atoms with Crippen LogP contribution < -0.4 is 10.6 Å². The molecule has 1 aromatic carbocycles. The molecule has 0 unspecified atom stereocenters. The zero-order valence-electron chi connectivity index (χ0n) is 11.5. The standard InChI is InChI=1S/C16H23ClN2/c17-14-12-13(16(18)8-2-1-3-9-16)6-7-15(14)19-10-4-5-11-19/h6-7,12H,1-5,8-11,18H2. The third-order valence-electron chi connectivity index (χ3n) is 4.72. The van der Waals surface area contributed by atoms with Gasteiger partial charge in [-0.1, -0.05) is 36.9 Å². The average molecular weight is 279 g/mol. The number of benzene rings is 1. The minimum absolute atomic E-state index is 0.147. The first kappa shape index (κ1) is 13.3. The van der Waals surface area contributed by atoms with Crippen LogP contribution in [0.25, 0.3) is 0 Å². The Morgan fingerprint density at radius 3 is 2.32 bits per heavy atom. The molecule has 2 N–H and O–H groups in total. The minimum atomic E-state index is -0.147. The van der Waals surface area contributed by atoms with Gasteiger partial charge in [0.2, 0.25) is 0 Å². The molecule has 1 saturated carbocycles. The van der Waals surface area contributed by atoms with Crippen LogP contribution in [0.4, 0.5) is 5.69 Å². The van der Waals surface area contributed by atoms with Crippen molar-refractivity contribution in [1.29, 1.82) is 0 Å². The van der Waals surface area contributed by atoms with Crippen molar-refractivity contribution in [3.63, 3.8) is 0 Å². The van der Waals surface area contributed by atoms with Crippen LogP contribution in [-0.4, -0.2) is 13.1 Å². The lowest BCUT2D eigenvalue weighted by Crippen LogP contribution is -2.38. The van der Waals surface area contributed by atoms with Crippen LogP contribution in [0.15, 0.2) is 18.2 Å². The summed E-state index contributed by atoms with van der Waals surface area (Å²) in [6.45, 7) is 2.26. The van der Waals surface area contributed by atoms with Gasteiger partial charge < -0.3 is 10.6 Å². The van der Waals surface area contributed by atoms with Crippen LogP contribution in [0.2, 0.25) is 5.02 Å². The fourth-order valence-corrected chi connectivity index (χ4v) is 3.80. The van der Waals surface area contributed by atoms with Gasteiger partial charge >= 0.3 is 0 Å². The number of rotatable bonds is 2. The number of hydrogen-bond acceptors (Lipinski definition) is 2. The Morgan fingerprint density at radius 2 is 1.68 bits per heavy atom. The van der Waals surface area contributed by atoms with Crippen LogP contribution in [0.5, 0.6) is 0 Å². The van der Waals surface area contributed by atoms with Gasteiger partial charge in [-0.15, -0.1) is 0 Å². The van der Waals surface area contributed by atoms with Crippen molar-refractivity contribution in [1.82, 2.24) is 0 Å². The molecular formula is C16H23ClN2. The molecule has 1 aliphatic carbocycles. The first-order chi connectivity index (χ1) is 9.19. The van der Waals surface area contributed by atoms with Crippen molar-refractivity contribution in [3.8, 4) is 0 Å². The van der Waals surface area contributed by atoms with Crippen molar-refractivity contribution in [2.45, 2.75) is 50.5 Å². The molecule has 1 heterocycles. The van der Waals surface area contributed by atoms with Gasteiger partial charge in [-0.25, -0.2) is 0 Å². The fraction of sp³-hybridized carbons (Fsp3) is 0.625. The lowest BCUT2D eigenvalue weighted by atomic mass is 9.77. The van der Waals surface area contributed by atoms with E-state index in [1.165, 1.54) is 43.4 Å². The third kappa shape index (κ3) is 2.61. The number of anilines is 1. The highest BCUT2D eigenvalue weighted by Gasteiger charge is 2.30. The van der Waals surface area contributed by atoms with Gasteiger partial charge in [0, 0.05) is 18.6 Å². The second-order valence-corrected chi connectivity index (χ2v) is 6.48. The summed E-state index contributed by atoms with van der Waals surface area (Å²) in [4.78, 5) is 2.39. The quantitative estimate of drug-likeness (QED) is 0.884. The Balaban J connectivity index is 1.86. The maximum atomic E-state index is 6.58. The van der Waals surface area contributed by atoms with Gasteiger partial charge in [-0.3, -0.25) is 0 Å². The molecule has 2 aliphatic rings. The highest BCUT2D eigenvalue weighted by molar-refractivity contribution is 6.33. The number of halogens is 1. The van der Waals surface area contributed by atoms with E-state index in [0.29, 0.717) is 0 Å². The molecule has 3 rings (SSSR count). The maximum absolute atomic E-state index is 6.58. The average Bonchev–Trinajstić information content (AvgIpc) is 2.93. The molecule has 104 valence electrons. The third-order valence-corrected chi connectivity index (χ3v) is 5.02. The first-order valence-electron chi connectivity index (χ1n) is 7.53. The van der Waals surface area contributed by atoms with Crippen molar-refractivity contribution in [2.24, 2.45) is 5.73 Å². The second kappa shape index (κ2) is 5.34. The van der Waals surface area contributed by atoms with Crippen molar-refractivity contribution in [3.05, 3.63) is 28.8 Å². The topological polar surface area (TPSA) is 29.3 Å². The van der Waals surface area contributed by atoms with Gasteiger partial charge in [0.05, 0.1) is 10.7 Å². The molecule has 0 aromatic heterocycles. The van der Waals surface area contributed by atoms with Crippen LogP contribution in [0.1, 0.15) is 50.5 Å². The predicted molar refractivity (Wildman–Crippen MR) is 81.8 cm³/mol. The van der Waals surface area contributed by atoms with Crippen LogP contribution >= 0.6 is 11.6 Å². The number of nitrogens with two attached hydrogens (primary N) is 1. The largest absolute Gasteiger partial charge is 0.370 e. The van der Waals surface area contributed by atoms with Crippen molar-refractivity contribution in [2.75, 3.05) is 18.0 Å². The molecule has 2 fully saturated rings. The fourth-order valence-electron chi connectivity index (χ4n) is 3.50. The Morgan fingerprint density at radius 1 is 1.00 bits per heavy atom. The van der Waals surface area contributed by atoms with Gasteiger partial charge in [0.15, 0.2) is 0 Å². The molecule has 0 amide bonds. The Kier molecular flexibility index (Phi) is 3.72. The summed E-state index contributed by atoms with van der Waals surface area (Å²) in [5.41, 5.74) is 8.84. The first-order valence-corrected chi connectivity index (χ1v) is 7.91. The van der Waals surface area contributed by atoms with Crippen LogP contribution in [-0.2, 0) is 5.54 Å². The number of nitrogens with zero attached hydrogens (tertiary/aromatic N) is 1. The molecule has 0 radical (unpaired) electrons. The minimum Gasteiger partial charge on any atom is -0.370 e. The molecule has 3 heteroatoms. The van der Waals surface area contributed by atoms with Gasteiger partial charge in [-0.2, -0.15) is 0 Å². The second-order valence-electron chi connectivity index (χ2n) is 6.08. The van der Waals surface area contributed by atoms with Crippen molar-refractivity contribution < 1.29 is 0 Å². The summed E-state index contributed by atoms with van der Waals surface area (Å²) in [6.07, 6.45) is 8.53. The zero-order valence-corrected chi connectivity index (χ0v) is 12.3. The Bertz CT molecular complexity index is 446. The molecule has 0 spiro atoms. The van der Waals surface area contributed by atoms with E-state index in [1.54, 1.807) is 0 Å². The summed E-state index contributed by atoms with van der Waals surface area (Å²) in [5, 5.41) is 0.870. The highest BCUT2D eigenvalue weighted by atomic mass is 35.5. The van der Waals surface area contributed by atoms with E-state index in [2.05, 4.69) is 23.1 Å². The predicted octanol–water partition coefficient (Wildman–Crippen LogP) is 4.06. The van der Waals surface area contributed by atoms with Gasteiger partial charge in [0.25, 0.3) is 0 Å². The Labute approximate surface area is 120 Å². The maximum Gasteiger partial charge on any atom is 0.0643 e. The van der Waals surface area contributed by atoms with E-state index in [9.17, 15) is 0 Å². The van der Waals surface area contributed by atoms with Gasteiger partial charge in [-0.05, 0) is 43.4 Å². The van der Waals surface area contributed by atoms with E-state index >= 15 is 0 Å². The SMILES string of the molecule is NC1(c2ccc(N3CCCC3)c(Cl)c2)CCCCC1. The van der Waals surface area contributed by atoms with E-state index in [0.717, 1.165) is 31.0 Å². The monoisotopic (exact) mass is 278 g/mol. The number of hydrogen-bond donors (Lipinski definition) is 1. The van der Waals surface area contributed by atoms with E-state index < -0.39 is 0 Å². The van der Waals surface area contributed by atoms with Crippen LogP contribution in [0, 0.1) is 0 Å². The molecule has 19 heavy (non-hydrogen) atoms. The summed E-state index contributed by atoms with van der Waals surface area (Å²) in [5.74, 6) is 0. The van der Waals surface area contributed by atoms with Crippen LogP contribution in [0.3, 0.4) is 0 Å². The van der Waals surface area contributed by atoms with E-state index in [4.69, 9.17) is 17.3 Å². The zero-order chi connectivity index (χ0) is 13.3. The summed E-state index contributed by atoms with van der Waals surface area (Å²) < 4.78 is 0. The molecule has 0 atom stereocenters. The molecule has 1 aliphatic heterocycles. The normalized spacial score (nSPS) is 22.7. The summed E-state index contributed by atoms with van der Waals surface area (Å²) >= 11 is 6.49. The molecule has 2 nitrogen and oxygen atoms in total.